The van der Waals surface area contributed by atoms with Crippen molar-refractivity contribution in [3.05, 3.63) is 0 Å². The lowest BCUT2D eigenvalue weighted by molar-refractivity contribution is -0.147. The number of esters is 1. The summed E-state index contributed by atoms with van der Waals surface area (Å²) >= 11 is 0. The zero-order chi connectivity index (χ0) is 12.8. The Bertz CT molecular complexity index is 295. The molecule has 0 aromatic heterocycles. The van der Waals surface area contributed by atoms with Gasteiger partial charge in [-0.15, -0.1) is 0 Å². The van der Waals surface area contributed by atoms with Crippen LogP contribution in [0.4, 0.5) is 0 Å². The van der Waals surface area contributed by atoms with Crippen LogP contribution in [0.25, 0.3) is 0 Å². The Morgan fingerprint density at radius 3 is 2.24 bits per heavy atom. The Hall–Kier alpha value is -1.39. The summed E-state index contributed by atoms with van der Waals surface area (Å²) in [5.41, 5.74) is 0. The second-order valence-electron chi connectivity index (χ2n) is 4.51. The van der Waals surface area contributed by atoms with E-state index in [1.807, 2.05) is 0 Å². The van der Waals surface area contributed by atoms with Gasteiger partial charge >= 0.3 is 5.97 Å². The van der Waals surface area contributed by atoms with Gasteiger partial charge in [0.25, 0.3) is 0 Å². The zero-order valence-corrected chi connectivity index (χ0v) is 10.3. The van der Waals surface area contributed by atoms with Gasteiger partial charge in [0, 0.05) is 5.92 Å². The summed E-state index contributed by atoms with van der Waals surface area (Å²) in [6, 6.07) is -0.444. The highest BCUT2D eigenvalue weighted by Crippen LogP contribution is 2.29. The molecule has 0 saturated heterocycles. The van der Waals surface area contributed by atoms with Gasteiger partial charge in [0.15, 0.2) is 0 Å². The first-order valence-corrected chi connectivity index (χ1v) is 5.92. The molecule has 1 rings (SSSR count). The Morgan fingerprint density at radius 2 is 1.76 bits per heavy atom. The molecule has 1 saturated carbocycles. The molecule has 17 heavy (non-hydrogen) atoms. The van der Waals surface area contributed by atoms with Gasteiger partial charge in [0.2, 0.25) is 5.91 Å². The molecule has 1 fully saturated rings. The van der Waals surface area contributed by atoms with E-state index < -0.39 is 6.04 Å². The molecule has 0 aliphatic heterocycles. The molecular weight excluding hydrogens is 222 g/mol. The van der Waals surface area contributed by atoms with Gasteiger partial charge in [-0.05, 0) is 32.6 Å². The summed E-state index contributed by atoms with van der Waals surface area (Å²) in [7, 11) is 1.38. The molecule has 0 bridgehead atoms. The van der Waals surface area contributed by atoms with E-state index in [4.69, 9.17) is 0 Å². The van der Waals surface area contributed by atoms with Crippen molar-refractivity contribution >= 4 is 18.2 Å². The lowest BCUT2D eigenvalue weighted by Crippen LogP contribution is -2.39. The molecule has 1 aliphatic rings. The van der Waals surface area contributed by atoms with Crippen molar-refractivity contribution in [3.63, 3.8) is 0 Å². The highest BCUT2D eigenvalue weighted by Gasteiger charge is 2.30. The van der Waals surface area contributed by atoms with Crippen molar-refractivity contribution in [1.82, 2.24) is 5.32 Å². The molecule has 0 radical (unpaired) electrons. The molecular formula is C12H19NO4. The van der Waals surface area contributed by atoms with Crippen molar-refractivity contribution in [2.45, 2.75) is 38.6 Å². The normalized spacial score (nSPS) is 25.8. The summed E-state index contributed by atoms with van der Waals surface area (Å²) in [4.78, 5) is 33.5. The third kappa shape index (κ3) is 3.84. The average molecular weight is 241 g/mol. The third-order valence-corrected chi connectivity index (χ3v) is 3.21. The van der Waals surface area contributed by atoms with E-state index in [0.717, 1.165) is 0 Å². The molecule has 1 atom stereocenters. The first kappa shape index (κ1) is 13.7. The average Bonchev–Trinajstić information content (AvgIpc) is 2.37. The fraction of sp³-hybridized carbons (Fsp3) is 0.750. The summed E-state index contributed by atoms with van der Waals surface area (Å²) in [6.07, 6.45) is 3.42. The van der Waals surface area contributed by atoms with Crippen LogP contribution >= 0.6 is 0 Å². The fourth-order valence-electron chi connectivity index (χ4n) is 2.13. The number of carbonyl (C=O) groups is 3. The predicted molar refractivity (Wildman–Crippen MR) is 61.1 cm³/mol. The van der Waals surface area contributed by atoms with Crippen LogP contribution in [-0.2, 0) is 19.1 Å². The SMILES string of the molecule is COC(=O)C1CCC(C(=O)NC(C)C=O)CC1. The molecule has 0 aromatic carbocycles. The van der Waals surface area contributed by atoms with Crippen LogP contribution in [0.5, 0.6) is 0 Å². The van der Waals surface area contributed by atoms with Crippen molar-refractivity contribution < 1.29 is 19.1 Å². The molecule has 1 N–H and O–H groups in total. The minimum atomic E-state index is -0.444. The molecule has 96 valence electrons. The number of methoxy groups -OCH3 is 1. The quantitative estimate of drug-likeness (QED) is 0.580. The van der Waals surface area contributed by atoms with Gasteiger partial charge in [0.05, 0.1) is 19.1 Å². The maximum absolute atomic E-state index is 11.7. The van der Waals surface area contributed by atoms with E-state index in [1.165, 1.54) is 7.11 Å². The third-order valence-electron chi connectivity index (χ3n) is 3.21. The Balaban J connectivity index is 2.38. The highest BCUT2D eigenvalue weighted by atomic mass is 16.5. The molecule has 5 nitrogen and oxygen atoms in total. The first-order chi connectivity index (χ1) is 8.08. The van der Waals surface area contributed by atoms with Crippen molar-refractivity contribution in [1.29, 1.82) is 0 Å². The minimum absolute atomic E-state index is 0.0763. The Kier molecular flexibility index (Phi) is 5.12. The molecule has 0 heterocycles. The molecule has 0 spiro atoms. The van der Waals surface area contributed by atoms with Crippen LogP contribution in [0.3, 0.4) is 0 Å². The fourth-order valence-corrected chi connectivity index (χ4v) is 2.13. The highest BCUT2D eigenvalue weighted by molar-refractivity contribution is 5.82. The molecule has 5 heteroatoms. The molecule has 1 amide bonds. The predicted octanol–water partition coefficient (Wildman–Crippen LogP) is 0.669. The summed E-state index contributed by atoms with van der Waals surface area (Å²) in [6.45, 7) is 1.64. The Morgan fingerprint density at radius 1 is 1.24 bits per heavy atom. The zero-order valence-electron chi connectivity index (χ0n) is 10.3. The van der Waals surface area contributed by atoms with Gasteiger partial charge in [-0.2, -0.15) is 0 Å². The number of amides is 1. The smallest absolute Gasteiger partial charge is 0.308 e. The summed E-state index contributed by atoms with van der Waals surface area (Å²) in [5.74, 6) is -0.441. The topological polar surface area (TPSA) is 72.5 Å². The van der Waals surface area contributed by atoms with Crippen molar-refractivity contribution in [3.8, 4) is 0 Å². The van der Waals surface area contributed by atoms with Gasteiger partial charge < -0.3 is 14.8 Å². The lowest BCUT2D eigenvalue weighted by Gasteiger charge is -2.26. The van der Waals surface area contributed by atoms with E-state index in [2.05, 4.69) is 10.1 Å². The van der Waals surface area contributed by atoms with E-state index in [0.29, 0.717) is 32.0 Å². The summed E-state index contributed by atoms with van der Waals surface area (Å²) in [5, 5.41) is 2.63. The van der Waals surface area contributed by atoms with E-state index in [-0.39, 0.29) is 23.7 Å². The van der Waals surface area contributed by atoms with Crippen LogP contribution in [0.1, 0.15) is 32.6 Å². The minimum Gasteiger partial charge on any atom is -0.469 e. The summed E-state index contributed by atoms with van der Waals surface area (Å²) < 4.78 is 4.68. The van der Waals surface area contributed by atoms with Gasteiger partial charge in [0.1, 0.15) is 6.29 Å². The molecule has 0 aromatic rings. The van der Waals surface area contributed by atoms with Crippen LogP contribution < -0.4 is 5.32 Å². The van der Waals surface area contributed by atoms with E-state index in [9.17, 15) is 14.4 Å². The number of hydrogen-bond donors (Lipinski definition) is 1. The number of nitrogens with one attached hydrogen (secondary N) is 1. The Labute approximate surface area is 101 Å². The van der Waals surface area contributed by atoms with E-state index >= 15 is 0 Å². The van der Waals surface area contributed by atoms with Crippen molar-refractivity contribution in [2.24, 2.45) is 11.8 Å². The lowest BCUT2D eigenvalue weighted by atomic mass is 9.81. The molecule has 1 aliphatic carbocycles. The van der Waals surface area contributed by atoms with Gasteiger partial charge in [-0.25, -0.2) is 0 Å². The standard InChI is InChI=1S/C12H19NO4/c1-8(7-14)13-11(15)9-3-5-10(6-4-9)12(16)17-2/h7-10H,3-6H2,1-2H3,(H,13,15). The van der Waals surface area contributed by atoms with Gasteiger partial charge in [-0.1, -0.05) is 0 Å². The number of carbonyl (C=O) groups excluding carboxylic acids is 3. The van der Waals surface area contributed by atoms with Gasteiger partial charge in [-0.3, -0.25) is 9.59 Å². The largest absolute Gasteiger partial charge is 0.469 e. The maximum atomic E-state index is 11.7. The van der Waals surface area contributed by atoms with Crippen LogP contribution in [0.2, 0.25) is 0 Å². The second kappa shape index (κ2) is 6.37. The number of ether oxygens (including phenoxy) is 1. The first-order valence-electron chi connectivity index (χ1n) is 5.92. The maximum Gasteiger partial charge on any atom is 0.308 e. The van der Waals surface area contributed by atoms with Crippen LogP contribution in [0.15, 0.2) is 0 Å². The molecule has 1 unspecified atom stereocenters. The van der Waals surface area contributed by atoms with E-state index in [1.54, 1.807) is 6.92 Å². The number of hydrogen-bond acceptors (Lipinski definition) is 4. The monoisotopic (exact) mass is 241 g/mol. The number of aldehydes is 1. The van der Waals surface area contributed by atoms with Crippen molar-refractivity contribution in [2.75, 3.05) is 7.11 Å². The van der Waals surface area contributed by atoms with Crippen LogP contribution in [-0.4, -0.2) is 31.3 Å². The van der Waals surface area contributed by atoms with Crippen LogP contribution in [0, 0.1) is 11.8 Å². The second-order valence-corrected chi connectivity index (χ2v) is 4.51. The number of rotatable bonds is 4.